The van der Waals surface area contributed by atoms with Gasteiger partial charge in [-0.2, -0.15) is 5.10 Å². The van der Waals surface area contributed by atoms with Crippen molar-refractivity contribution >= 4 is 11.6 Å². The standard InChI is InChI=1S/C14H23ClN4/c1-11-12(13(15)18(2)17-11)9-19-8-7-16-14(10-19)5-3-4-6-14/h16H,3-10H2,1-2H3. The molecule has 1 saturated heterocycles. The number of hydrogen-bond acceptors (Lipinski definition) is 3. The quantitative estimate of drug-likeness (QED) is 0.902. The van der Waals surface area contributed by atoms with Crippen molar-refractivity contribution in [1.29, 1.82) is 0 Å². The summed E-state index contributed by atoms with van der Waals surface area (Å²) in [5.41, 5.74) is 2.63. The summed E-state index contributed by atoms with van der Waals surface area (Å²) in [6.45, 7) is 6.33. The highest BCUT2D eigenvalue weighted by Gasteiger charge is 2.37. The Morgan fingerprint density at radius 2 is 2.11 bits per heavy atom. The van der Waals surface area contributed by atoms with Crippen LogP contribution in [0.5, 0.6) is 0 Å². The molecule has 1 spiro atoms. The molecule has 0 bridgehead atoms. The van der Waals surface area contributed by atoms with Gasteiger partial charge in [0.15, 0.2) is 0 Å². The van der Waals surface area contributed by atoms with Gasteiger partial charge in [0.2, 0.25) is 0 Å². The van der Waals surface area contributed by atoms with E-state index >= 15 is 0 Å². The third-order valence-electron chi connectivity index (χ3n) is 4.67. The molecule has 5 heteroatoms. The molecule has 0 aromatic carbocycles. The van der Waals surface area contributed by atoms with Gasteiger partial charge in [0.25, 0.3) is 0 Å². The second-order valence-electron chi connectivity index (χ2n) is 6.10. The average Bonchev–Trinajstić information content (AvgIpc) is 2.91. The smallest absolute Gasteiger partial charge is 0.131 e. The minimum atomic E-state index is 0.376. The van der Waals surface area contributed by atoms with Crippen molar-refractivity contribution in [3.8, 4) is 0 Å². The normalized spacial score (nSPS) is 23.3. The van der Waals surface area contributed by atoms with Gasteiger partial charge in [-0.25, -0.2) is 0 Å². The summed E-state index contributed by atoms with van der Waals surface area (Å²) >= 11 is 6.34. The minimum absolute atomic E-state index is 0.376. The monoisotopic (exact) mass is 282 g/mol. The molecule has 2 fully saturated rings. The van der Waals surface area contributed by atoms with Crippen molar-refractivity contribution in [2.75, 3.05) is 19.6 Å². The zero-order chi connectivity index (χ0) is 13.5. The average molecular weight is 283 g/mol. The van der Waals surface area contributed by atoms with Gasteiger partial charge in [0.05, 0.1) is 5.69 Å². The Labute approximate surface area is 120 Å². The van der Waals surface area contributed by atoms with E-state index in [-0.39, 0.29) is 0 Å². The van der Waals surface area contributed by atoms with Crippen molar-refractivity contribution in [3.05, 3.63) is 16.4 Å². The van der Waals surface area contributed by atoms with Crippen LogP contribution in [0.3, 0.4) is 0 Å². The summed E-state index contributed by atoms with van der Waals surface area (Å²) in [5, 5.41) is 8.95. The zero-order valence-corrected chi connectivity index (χ0v) is 12.6. The molecule has 0 amide bonds. The Hall–Kier alpha value is -0.580. The summed E-state index contributed by atoms with van der Waals surface area (Å²) in [6, 6.07) is 0. The Morgan fingerprint density at radius 1 is 1.37 bits per heavy atom. The molecule has 0 atom stereocenters. The van der Waals surface area contributed by atoms with Gasteiger partial charge in [0, 0.05) is 44.3 Å². The van der Waals surface area contributed by atoms with Crippen LogP contribution in [0.15, 0.2) is 0 Å². The molecule has 1 aromatic rings. The van der Waals surface area contributed by atoms with Crippen molar-refractivity contribution < 1.29 is 0 Å². The van der Waals surface area contributed by atoms with Crippen LogP contribution in [0.2, 0.25) is 5.15 Å². The van der Waals surface area contributed by atoms with Gasteiger partial charge in [-0.1, -0.05) is 24.4 Å². The lowest BCUT2D eigenvalue weighted by molar-refractivity contribution is 0.128. The van der Waals surface area contributed by atoms with Crippen LogP contribution >= 0.6 is 11.6 Å². The van der Waals surface area contributed by atoms with Crippen LogP contribution < -0.4 is 5.32 Å². The number of hydrogen-bond donors (Lipinski definition) is 1. The number of halogens is 1. The molecule has 2 aliphatic rings. The van der Waals surface area contributed by atoms with Gasteiger partial charge in [0.1, 0.15) is 5.15 Å². The van der Waals surface area contributed by atoms with Gasteiger partial charge < -0.3 is 5.32 Å². The molecule has 19 heavy (non-hydrogen) atoms. The number of rotatable bonds is 2. The molecule has 3 rings (SSSR count). The highest BCUT2D eigenvalue weighted by molar-refractivity contribution is 6.30. The fraction of sp³-hybridized carbons (Fsp3) is 0.786. The predicted octanol–water partition coefficient (Wildman–Crippen LogP) is 2.10. The van der Waals surface area contributed by atoms with Crippen molar-refractivity contribution in [3.63, 3.8) is 0 Å². The largest absolute Gasteiger partial charge is 0.309 e. The van der Waals surface area contributed by atoms with Crippen LogP contribution in [-0.4, -0.2) is 39.9 Å². The lowest BCUT2D eigenvalue weighted by Crippen LogP contribution is -2.58. The number of aryl methyl sites for hydroxylation is 2. The first kappa shape index (κ1) is 13.4. The molecule has 1 aliphatic carbocycles. The number of nitrogens with zero attached hydrogens (tertiary/aromatic N) is 3. The Balaban J connectivity index is 1.72. The predicted molar refractivity (Wildman–Crippen MR) is 77.4 cm³/mol. The summed E-state index contributed by atoms with van der Waals surface area (Å²) < 4.78 is 1.78. The molecular formula is C14H23ClN4. The van der Waals surface area contributed by atoms with Gasteiger partial charge in [-0.3, -0.25) is 9.58 Å². The molecule has 2 heterocycles. The highest BCUT2D eigenvalue weighted by Crippen LogP contribution is 2.33. The van der Waals surface area contributed by atoms with Crippen LogP contribution in [0, 0.1) is 6.92 Å². The molecule has 4 nitrogen and oxygen atoms in total. The van der Waals surface area contributed by atoms with E-state index in [4.69, 9.17) is 11.6 Å². The Kier molecular flexibility index (Phi) is 3.58. The molecule has 0 radical (unpaired) electrons. The lowest BCUT2D eigenvalue weighted by atomic mass is 9.94. The molecule has 1 saturated carbocycles. The second kappa shape index (κ2) is 5.08. The Bertz CT molecular complexity index is 462. The molecule has 0 unspecified atom stereocenters. The van der Waals surface area contributed by atoms with E-state index in [1.54, 1.807) is 4.68 Å². The molecular weight excluding hydrogens is 260 g/mol. The Morgan fingerprint density at radius 3 is 2.74 bits per heavy atom. The van der Waals surface area contributed by atoms with Crippen molar-refractivity contribution in [2.45, 2.75) is 44.7 Å². The van der Waals surface area contributed by atoms with Gasteiger partial charge in [-0.05, 0) is 19.8 Å². The van der Waals surface area contributed by atoms with E-state index in [2.05, 4.69) is 22.2 Å². The molecule has 106 valence electrons. The third-order valence-corrected chi connectivity index (χ3v) is 5.14. The topological polar surface area (TPSA) is 33.1 Å². The fourth-order valence-electron chi connectivity index (χ4n) is 3.64. The van der Waals surface area contributed by atoms with Gasteiger partial charge in [-0.15, -0.1) is 0 Å². The summed E-state index contributed by atoms with van der Waals surface area (Å²) in [5.74, 6) is 0. The first-order chi connectivity index (χ1) is 9.10. The maximum absolute atomic E-state index is 6.34. The van der Waals surface area contributed by atoms with Crippen LogP contribution in [0.25, 0.3) is 0 Å². The first-order valence-corrected chi connectivity index (χ1v) is 7.63. The van der Waals surface area contributed by atoms with Crippen molar-refractivity contribution in [1.82, 2.24) is 20.0 Å². The number of piperazine rings is 1. The van der Waals surface area contributed by atoms with Crippen molar-refractivity contribution in [2.24, 2.45) is 7.05 Å². The van der Waals surface area contributed by atoms with E-state index in [1.165, 1.54) is 31.2 Å². The SMILES string of the molecule is Cc1nn(C)c(Cl)c1CN1CCNC2(CCCC2)C1. The highest BCUT2D eigenvalue weighted by atomic mass is 35.5. The zero-order valence-electron chi connectivity index (χ0n) is 11.9. The van der Waals surface area contributed by atoms with Crippen LogP contribution in [0.4, 0.5) is 0 Å². The molecule has 1 aromatic heterocycles. The number of nitrogens with one attached hydrogen (secondary N) is 1. The molecule has 1 aliphatic heterocycles. The van der Waals surface area contributed by atoms with Crippen LogP contribution in [0.1, 0.15) is 36.9 Å². The minimum Gasteiger partial charge on any atom is -0.309 e. The summed E-state index contributed by atoms with van der Waals surface area (Å²) in [4.78, 5) is 2.54. The van der Waals surface area contributed by atoms with E-state index in [0.717, 1.165) is 37.0 Å². The van der Waals surface area contributed by atoms with E-state index < -0.39 is 0 Å². The second-order valence-corrected chi connectivity index (χ2v) is 6.46. The van der Waals surface area contributed by atoms with E-state index in [0.29, 0.717) is 5.54 Å². The summed E-state index contributed by atoms with van der Waals surface area (Å²) in [7, 11) is 1.91. The summed E-state index contributed by atoms with van der Waals surface area (Å²) in [6.07, 6.45) is 5.38. The van der Waals surface area contributed by atoms with E-state index in [1.807, 2.05) is 7.05 Å². The molecule has 1 N–H and O–H groups in total. The van der Waals surface area contributed by atoms with E-state index in [9.17, 15) is 0 Å². The third kappa shape index (κ3) is 2.54. The lowest BCUT2D eigenvalue weighted by Gasteiger charge is -2.41. The number of aromatic nitrogens is 2. The maximum Gasteiger partial charge on any atom is 0.131 e. The fourth-order valence-corrected chi connectivity index (χ4v) is 3.88. The van der Waals surface area contributed by atoms with Crippen LogP contribution in [-0.2, 0) is 13.6 Å². The maximum atomic E-state index is 6.34. The van der Waals surface area contributed by atoms with Gasteiger partial charge >= 0.3 is 0 Å². The first-order valence-electron chi connectivity index (χ1n) is 7.25.